The molecule has 0 bridgehead atoms. The minimum Gasteiger partial charge on any atom is -0.390 e. The van der Waals surface area contributed by atoms with Gasteiger partial charge in [0, 0.05) is 0 Å². The summed E-state index contributed by atoms with van der Waals surface area (Å²) in [5.41, 5.74) is 2.17. The predicted molar refractivity (Wildman–Crippen MR) is 90.4 cm³/mol. The molecule has 3 rings (SSSR count). The molecule has 124 valence electrons. The summed E-state index contributed by atoms with van der Waals surface area (Å²) >= 11 is 0. The lowest BCUT2D eigenvalue weighted by molar-refractivity contribution is -0.00373. The van der Waals surface area contributed by atoms with E-state index in [-0.39, 0.29) is 11.5 Å². The highest BCUT2D eigenvalue weighted by molar-refractivity contribution is 5.24. The Labute approximate surface area is 135 Å². The Kier molecular flexibility index (Phi) is 3.85. The molecule has 3 saturated carbocycles. The Balaban J connectivity index is 1.83. The monoisotopic (exact) mass is 304 g/mol. The molecule has 0 saturated heterocycles. The summed E-state index contributed by atoms with van der Waals surface area (Å²) in [5.74, 6) is 2.03. The summed E-state index contributed by atoms with van der Waals surface area (Å²) in [6.45, 7) is 12.8. The summed E-state index contributed by atoms with van der Waals surface area (Å²) in [7, 11) is 0. The number of hydrogen-bond acceptors (Lipinski definition) is 2. The van der Waals surface area contributed by atoms with Crippen molar-refractivity contribution >= 4 is 0 Å². The van der Waals surface area contributed by atoms with Crippen molar-refractivity contribution in [1.82, 2.24) is 0 Å². The quantitative estimate of drug-likeness (QED) is 0.771. The van der Waals surface area contributed by atoms with Crippen LogP contribution in [0.25, 0.3) is 0 Å². The van der Waals surface area contributed by atoms with Crippen LogP contribution in [0.2, 0.25) is 0 Å². The lowest BCUT2D eigenvalue weighted by Gasteiger charge is -2.32. The summed E-state index contributed by atoms with van der Waals surface area (Å²) in [6.07, 6.45) is 6.74. The highest BCUT2D eigenvalue weighted by Crippen LogP contribution is 2.73. The molecule has 7 atom stereocenters. The first-order valence-electron chi connectivity index (χ1n) is 8.90. The second-order valence-corrected chi connectivity index (χ2v) is 8.88. The molecule has 0 amide bonds. The topological polar surface area (TPSA) is 40.5 Å². The van der Waals surface area contributed by atoms with E-state index >= 15 is 0 Å². The van der Waals surface area contributed by atoms with Gasteiger partial charge in [-0.1, -0.05) is 30.7 Å². The Morgan fingerprint density at radius 1 is 1.32 bits per heavy atom. The van der Waals surface area contributed by atoms with Crippen molar-refractivity contribution in [3.05, 3.63) is 23.8 Å². The number of fused-ring (bicyclic) bond motifs is 3. The van der Waals surface area contributed by atoms with Crippen LogP contribution in [0.15, 0.2) is 23.8 Å². The molecule has 0 aromatic rings. The van der Waals surface area contributed by atoms with Crippen molar-refractivity contribution in [2.24, 2.45) is 29.1 Å². The van der Waals surface area contributed by atoms with E-state index < -0.39 is 5.60 Å². The number of hydrogen-bond donors (Lipinski definition) is 2. The van der Waals surface area contributed by atoms with Gasteiger partial charge in [-0.3, -0.25) is 0 Å². The molecule has 2 heteroatoms. The van der Waals surface area contributed by atoms with E-state index in [9.17, 15) is 10.2 Å². The van der Waals surface area contributed by atoms with Crippen LogP contribution in [0.3, 0.4) is 0 Å². The van der Waals surface area contributed by atoms with E-state index in [4.69, 9.17) is 0 Å². The van der Waals surface area contributed by atoms with Crippen LogP contribution >= 0.6 is 0 Å². The third-order valence-electron chi connectivity index (χ3n) is 6.91. The van der Waals surface area contributed by atoms with Crippen molar-refractivity contribution in [3.8, 4) is 0 Å². The molecule has 0 spiro atoms. The van der Waals surface area contributed by atoms with E-state index in [2.05, 4.69) is 13.5 Å². The maximum atomic E-state index is 10.9. The molecule has 0 heterocycles. The van der Waals surface area contributed by atoms with Gasteiger partial charge in [-0.05, 0) is 82.0 Å². The molecule has 3 fully saturated rings. The summed E-state index contributed by atoms with van der Waals surface area (Å²) in [5, 5.41) is 21.3. The lowest BCUT2D eigenvalue weighted by Crippen LogP contribution is -2.35. The zero-order valence-corrected chi connectivity index (χ0v) is 14.6. The van der Waals surface area contributed by atoms with Crippen molar-refractivity contribution in [3.63, 3.8) is 0 Å². The van der Waals surface area contributed by atoms with Crippen molar-refractivity contribution in [2.45, 2.75) is 71.5 Å². The third kappa shape index (κ3) is 2.49. The predicted octanol–water partition coefficient (Wildman–Crippen LogP) is 4.08. The second kappa shape index (κ2) is 5.21. The molecular formula is C20H32O2. The molecule has 3 aliphatic rings. The molecule has 2 N–H and O–H groups in total. The van der Waals surface area contributed by atoms with Gasteiger partial charge in [0.25, 0.3) is 0 Å². The van der Waals surface area contributed by atoms with Crippen molar-refractivity contribution in [1.29, 1.82) is 0 Å². The summed E-state index contributed by atoms with van der Waals surface area (Å²) in [4.78, 5) is 0. The Hall–Kier alpha value is -0.600. The normalized spacial score (nSPS) is 48.2. The van der Waals surface area contributed by atoms with Crippen LogP contribution in [-0.4, -0.2) is 21.9 Å². The van der Waals surface area contributed by atoms with Crippen LogP contribution < -0.4 is 0 Å². The van der Waals surface area contributed by atoms with Gasteiger partial charge >= 0.3 is 0 Å². The minimum absolute atomic E-state index is 0.184. The van der Waals surface area contributed by atoms with Gasteiger partial charge in [-0.25, -0.2) is 0 Å². The molecular weight excluding hydrogens is 272 g/mol. The third-order valence-corrected chi connectivity index (χ3v) is 6.91. The van der Waals surface area contributed by atoms with E-state index in [0.29, 0.717) is 23.7 Å². The largest absolute Gasteiger partial charge is 0.390 e. The van der Waals surface area contributed by atoms with Gasteiger partial charge < -0.3 is 10.2 Å². The fraction of sp³-hybridized carbons (Fsp3) is 0.800. The van der Waals surface area contributed by atoms with Crippen LogP contribution in [-0.2, 0) is 0 Å². The number of rotatable bonds is 3. The van der Waals surface area contributed by atoms with Gasteiger partial charge in [0.15, 0.2) is 0 Å². The minimum atomic E-state index is -0.555. The summed E-state index contributed by atoms with van der Waals surface area (Å²) < 4.78 is 0. The standard InChI is InChI=1S/C20H32O2/c1-12(2)10-14(21)11-19(4)16-7-6-13(3)15-8-9-20(5,22)17(15)18(16)19/h10,14-18,21-22H,3,6-9,11H2,1-2,4-5H3/t14?,15-,16-,17+,18+,19-,20-/m0/s1. The van der Waals surface area contributed by atoms with Crippen molar-refractivity contribution in [2.75, 3.05) is 0 Å². The smallest absolute Gasteiger partial charge is 0.0728 e. The van der Waals surface area contributed by atoms with E-state index in [1.165, 1.54) is 17.6 Å². The molecule has 0 radical (unpaired) electrons. The Morgan fingerprint density at radius 2 is 2.00 bits per heavy atom. The van der Waals surface area contributed by atoms with E-state index in [1.807, 2.05) is 26.8 Å². The number of aliphatic hydroxyl groups is 2. The molecule has 3 aliphatic carbocycles. The number of allylic oxidation sites excluding steroid dienone is 2. The molecule has 22 heavy (non-hydrogen) atoms. The average molecular weight is 304 g/mol. The molecule has 1 unspecified atom stereocenters. The van der Waals surface area contributed by atoms with Crippen LogP contribution in [0.5, 0.6) is 0 Å². The van der Waals surface area contributed by atoms with Crippen LogP contribution in [0.1, 0.15) is 59.8 Å². The fourth-order valence-electron chi connectivity index (χ4n) is 5.90. The molecule has 0 aromatic carbocycles. The van der Waals surface area contributed by atoms with E-state index in [0.717, 1.165) is 25.7 Å². The second-order valence-electron chi connectivity index (χ2n) is 8.88. The van der Waals surface area contributed by atoms with Gasteiger partial charge in [-0.2, -0.15) is 0 Å². The maximum Gasteiger partial charge on any atom is 0.0728 e. The maximum absolute atomic E-state index is 10.9. The van der Waals surface area contributed by atoms with Gasteiger partial charge in [0.05, 0.1) is 11.7 Å². The highest BCUT2D eigenvalue weighted by atomic mass is 16.3. The highest BCUT2D eigenvalue weighted by Gasteiger charge is 2.69. The van der Waals surface area contributed by atoms with Gasteiger partial charge in [-0.15, -0.1) is 0 Å². The van der Waals surface area contributed by atoms with Crippen LogP contribution in [0.4, 0.5) is 0 Å². The molecule has 0 aliphatic heterocycles. The van der Waals surface area contributed by atoms with Crippen molar-refractivity contribution < 1.29 is 10.2 Å². The first kappa shape index (κ1) is 16.3. The fourth-order valence-corrected chi connectivity index (χ4v) is 5.90. The van der Waals surface area contributed by atoms with Crippen LogP contribution in [0, 0.1) is 29.1 Å². The number of aliphatic hydroxyl groups excluding tert-OH is 1. The Morgan fingerprint density at radius 3 is 2.64 bits per heavy atom. The summed E-state index contributed by atoms with van der Waals surface area (Å²) in [6, 6.07) is 0. The lowest BCUT2D eigenvalue weighted by atomic mass is 9.76. The zero-order chi connectivity index (χ0) is 16.3. The molecule has 0 aromatic heterocycles. The first-order valence-corrected chi connectivity index (χ1v) is 8.90. The first-order chi connectivity index (χ1) is 10.2. The zero-order valence-electron chi connectivity index (χ0n) is 14.6. The molecule has 2 nitrogen and oxygen atoms in total. The average Bonchev–Trinajstić information content (AvgIpc) is 2.84. The Bertz CT molecular complexity index is 500. The van der Waals surface area contributed by atoms with Gasteiger partial charge in [0.2, 0.25) is 0 Å². The van der Waals surface area contributed by atoms with E-state index in [1.54, 1.807) is 0 Å². The van der Waals surface area contributed by atoms with Gasteiger partial charge in [0.1, 0.15) is 0 Å². The SMILES string of the molecule is C=C1CC[C@H]2[C@H]([C@H]3[C@H]1CC[C@]3(C)O)[C@@]2(C)CC(O)C=C(C)C.